The molecule has 1 heterocycles. The van der Waals surface area contributed by atoms with Crippen molar-refractivity contribution >= 4 is 0 Å². The van der Waals surface area contributed by atoms with Crippen LogP contribution in [0.5, 0.6) is 0 Å². The Morgan fingerprint density at radius 1 is 1.40 bits per heavy atom. The normalized spacial score (nSPS) is 21.6. The summed E-state index contributed by atoms with van der Waals surface area (Å²) in [6.45, 7) is 3.29. The summed E-state index contributed by atoms with van der Waals surface area (Å²) in [6.07, 6.45) is 2.18. The molecule has 20 heavy (non-hydrogen) atoms. The van der Waals surface area contributed by atoms with E-state index in [4.69, 9.17) is 0 Å². The Labute approximate surface area is 121 Å². The van der Waals surface area contributed by atoms with Crippen LogP contribution in [0.4, 0.5) is 4.39 Å². The van der Waals surface area contributed by atoms with Crippen LogP contribution in [0.2, 0.25) is 0 Å². The van der Waals surface area contributed by atoms with Gasteiger partial charge < -0.3 is 15.1 Å². The first-order valence-corrected chi connectivity index (χ1v) is 7.42. The fraction of sp³-hybridized carbons (Fsp3) is 0.625. The zero-order chi connectivity index (χ0) is 14.5. The highest BCUT2D eigenvalue weighted by atomic mass is 19.1. The molecule has 112 valence electrons. The minimum absolute atomic E-state index is 0.0922. The first-order chi connectivity index (χ1) is 9.61. The van der Waals surface area contributed by atoms with Gasteiger partial charge in [-0.2, -0.15) is 0 Å². The Kier molecular flexibility index (Phi) is 5.52. The second kappa shape index (κ2) is 7.16. The molecule has 4 heteroatoms. The standard InChI is InChI=1S/C16H26FN3/c1-18-16(14-6-4-5-7-15(14)17)9-11-20-10-8-13(12-20)19(2)3/h4-7,13,16,18H,8-12H2,1-3H3. The molecule has 0 aromatic heterocycles. The van der Waals surface area contributed by atoms with Crippen LogP contribution in [-0.2, 0) is 0 Å². The second-order valence-corrected chi connectivity index (χ2v) is 5.86. The molecule has 2 rings (SSSR count). The first-order valence-electron chi connectivity index (χ1n) is 7.42. The van der Waals surface area contributed by atoms with Gasteiger partial charge in [-0.05, 0) is 46.6 Å². The van der Waals surface area contributed by atoms with Crippen molar-refractivity contribution in [3.63, 3.8) is 0 Å². The van der Waals surface area contributed by atoms with Crippen molar-refractivity contribution in [2.75, 3.05) is 40.8 Å². The van der Waals surface area contributed by atoms with Crippen LogP contribution in [0.15, 0.2) is 24.3 Å². The fourth-order valence-corrected chi connectivity index (χ4v) is 2.96. The summed E-state index contributed by atoms with van der Waals surface area (Å²) in [7, 11) is 6.19. The summed E-state index contributed by atoms with van der Waals surface area (Å²) in [5.74, 6) is -0.112. The number of nitrogens with zero attached hydrogens (tertiary/aromatic N) is 2. The Balaban J connectivity index is 1.88. The molecular formula is C16H26FN3. The van der Waals surface area contributed by atoms with Crippen LogP contribution >= 0.6 is 0 Å². The van der Waals surface area contributed by atoms with Crippen LogP contribution in [0.25, 0.3) is 0 Å². The van der Waals surface area contributed by atoms with E-state index in [1.165, 1.54) is 12.5 Å². The van der Waals surface area contributed by atoms with E-state index in [1.54, 1.807) is 6.07 Å². The van der Waals surface area contributed by atoms with Crippen molar-refractivity contribution in [2.24, 2.45) is 0 Å². The minimum Gasteiger partial charge on any atom is -0.313 e. The van der Waals surface area contributed by atoms with Crippen LogP contribution < -0.4 is 5.32 Å². The predicted octanol–water partition coefficient (Wildman–Crippen LogP) is 2.11. The van der Waals surface area contributed by atoms with Gasteiger partial charge in [0, 0.05) is 30.7 Å². The fourth-order valence-electron chi connectivity index (χ4n) is 2.96. The largest absolute Gasteiger partial charge is 0.313 e. The SMILES string of the molecule is CNC(CCN1CCC(N(C)C)C1)c1ccccc1F. The molecule has 0 spiro atoms. The number of nitrogens with one attached hydrogen (secondary N) is 1. The lowest BCUT2D eigenvalue weighted by atomic mass is 10.0. The number of hydrogen-bond acceptors (Lipinski definition) is 3. The van der Waals surface area contributed by atoms with Crippen LogP contribution in [0.1, 0.15) is 24.4 Å². The summed E-state index contributed by atoms with van der Waals surface area (Å²) in [5.41, 5.74) is 0.776. The highest BCUT2D eigenvalue weighted by Gasteiger charge is 2.24. The maximum Gasteiger partial charge on any atom is 0.127 e. The summed E-state index contributed by atoms with van der Waals surface area (Å²) < 4.78 is 13.8. The predicted molar refractivity (Wildman–Crippen MR) is 81.3 cm³/mol. The molecule has 0 radical (unpaired) electrons. The zero-order valence-corrected chi connectivity index (χ0v) is 12.8. The molecule has 2 unspecified atom stereocenters. The quantitative estimate of drug-likeness (QED) is 0.860. The number of likely N-dealkylation sites (tertiary alicyclic amines) is 1. The zero-order valence-electron chi connectivity index (χ0n) is 12.8. The van der Waals surface area contributed by atoms with Crippen molar-refractivity contribution in [1.29, 1.82) is 0 Å². The number of benzene rings is 1. The molecule has 0 bridgehead atoms. The van der Waals surface area contributed by atoms with Crippen molar-refractivity contribution < 1.29 is 4.39 Å². The third-order valence-electron chi connectivity index (χ3n) is 4.34. The van der Waals surface area contributed by atoms with E-state index in [0.29, 0.717) is 6.04 Å². The molecule has 1 fully saturated rings. The van der Waals surface area contributed by atoms with E-state index in [1.807, 2.05) is 19.2 Å². The van der Waals surface area contributed by atoms with Crippen molar-refractivity contribution in [2.45, 2.75) is 24.9 Å². The highest BCUT2D eigenvalue weighted by molar-refractivity contribution is 5.21. The summed E-state index contributed by atoms with van der Waals surface area (Å²) >= 11 is 0. The number of hydrogen-bond donors (Lipinski definition) is 1. The maximum atomic E-state index is 13.8. The van der Waals surface area contributed by atoms with Gasteiger partial charge >= 0.3 is 0 Å². The van der Waals surface area contributed by atoms with Crippen LogP contribution in [-0.4, -0.2) is 56.6 Å². The van der Waals surface area contributed by atoms with Gasteiger partial charge in [0.25, 0.3) is 0 Å². The molecule has 1 aromatic carbocycles. The highest BCUT2D eigenvalue weighted by Crippen LogP contribution is 2.21. The van der Waals surface area contributed by atoms with Crippen LogP contribution in [0, 0.1) is 5.82 Å². The number of likely N-dealkylation sites (N-methyl/N-ethyl adjacent to an activating group) is 1. The summed E-state index contributed by atoms with van der Waals surface area (Å²) in [6, 6.07) is 7.82. The molecule has 1 aliphatic heterocycles. The van der Waals surface area contributed by atoms with Gasteiger partial charge in [0.2, 0.25) is 0 Å². The van der Waals surface area contributed by atoms with Crippen molar-refractivity contribution in [3.8, 4) is 0 Å². The van der Waals surface area contributed by atoms with Gasteiger partial charge in [-0.25, -0.2) is 4.39 Å². The third kappa shape index (κ3) is 3.78. The molecular weight excluding hydrogens is 253 g/mol. The Morgan fingerprint density at radius 3 is 2.75 bits per heavy atom. The third-order valence-corrected chi connectivity index (χ3v) is 4.34. The second-order valence-electron chi connectivity index (χ2n) is 5.86. The molecule has 0 saturated carbocycles. The Hall–Kier alpha value is -0.970. The van der Waals surface area contributed by atoms with E-state index in [-0.39, 0.29) is 11.9 Å². The summed E-state index contributed by atoms with van der Waals surface area (Å²) in [5, 5.41) is 3.24. The molecule has 1 aliphatic rings. The van der Waals surface area contributed by atoms with Gasteiger partial charge in [-0.1, -0.05) is 18.2 Å². The lowest BCUT2D eigenvalue weighted by Gasteiger charge is -2.23. The van der Waals surface area contributed by atoms with Gasteiger partial charge in [0.05, 0.1) is 0 Å². The molecule has 2 atom stereocenters. The van der Waals surface area contributed by atoms with E-state index < -0.39 is 0 Å². The Bertz CT molecular complexity index is 422. The van der Waals surface area contributed by atoms with Crippen molar-refractivity contribution in [1.82, 2.24) is 15.1 Å². The average molecular weight is 279 g/mol. The van der Waals surface area contributed by atoms with E-state index in [2.05, 4.69) is 29.2 Å². The monoisotopic (exact) mass is 279 g/mol. The molecule has 1 N–H and O–H groups in total. The average Bonchev–Trinajstić information content (AvgIpc) is 2.90. The van der Waals surface area contributed by atoms with E-state index in [9.17, 15) is 4.39 Å². The molecule has 1 aromatic rings. The first kappa shape index (κ1) is 15.4. The van der Waals surface area contributed by atoms with Gasteiger partial charge in [0.15, 0.2) is 0 Å². The number of rotatable bonds is 6. The molecule has 3 nitrogen and oxygen atoms in total. The number of halogens is 1. The lowest BCUT2D eigenvalue weighted by molar-refractivity contribution is 0.260. The minimum atomic E-state index is -0.112. The van der Waals surface area contributed by atoms with Gasteiger partial charge in [-0.3, -0.25) is 0 Å². The van der Waals surface area contributed by atoms with Gasteiger partial charge in [0.1, 0.15) is 5.82 Å². The maximum absolute atomic E-state index is 13.8. The molecule has 1 saturated heterocycles. The summed E-state index contributed by atoms with van der Waals surface area (Å²) in [4.78, 5) is 4.78. The van der Waals surface area contributed by atoms with Crippen molar-refractivity contribution in [3.05, 3.63) is 35.6 Å². The topological polar surface area (TPSA) is 18.5 Å². The van der Waals surface area contributed by atoms with E-state index >= 15 is 0 Å². The smallest absolute Gasteiger partial charge is 0.127 e. The Morgan fingerprint density at radius 2 is 2.15 bits per heavy atom. The van der Waals surface area contributed by atoms with E-state index in [0.717, 1.165) is 31.6 Å². The lowest BCUT2D eigenvalue weighted by Crippen LogP contribution is -2.33. The van der Waals surface area contributed by atoms with Gasteiger partial charge in [-0.15, -0.1) is 0 Å². The molecule has 0 amide bonds. The van der Waals surface area contributed by atoms with Crippen LogP contribution in [0.3, 0.4) is 0 Å². The molecule has 0 aliphatic carbocycles.